The molecule has 0 radical (unpaired) electrons. The molecule has 1 fully saturated rings. The summed E-state index contributed by atoms with van der Waals surface area (Å²) in [4.78, 5) is 18.3. The first-order valence-corrected chi connectivity index (χ1v) is 7.03. The first kappa shape index (κ1) is 13.5. The van der Waals surface area contributed by atoms with E-state index >= 15 is 0 Å². The molecule has 0 bridgehead atoms. The molecule has 2 heterocycles. The summed E-state index contributed by atoms with van der Waals surface area (Å²) >= 11 is 1.56. The Balaban J connectivity index is 2.01. The third kappa shape index (κ3) is 2.88. The highest BCUT2D eigenvalue weighted by Crippen LogP contribution is 2.24. The highest BCUT2D eigenvalue weighted by Gasteiger charge is 2.30. The fraction of sp³-hybridized carbons (Fsp3) is 0.667. The number of rotatable bonds is 3. The maximum atomic E-state index is 12.2. The van der Waals surface area contributed by atoms with Crippen molar-refractivity contribution in [2.75, 3.05) is 19.7 Å². The molecule has 100 valence electrons. The number of nitrogens with two attached hydrogens (primary N) is 1. The van der Waals surface area contributed by atoms with Crippen LogP contribution in [0.25, 0.3) is 0 Å². The molecule has 6 heteroatoms. The van der Waals surface area contributed by atoms with Crippen LogP contribution < -0.4 is 5.73 Å². The highest BCUT2D eigenvalue weighted by molar-refractivity contribution is 7.09. The van der Waals surface area contributed by atoms with Crippen molar-refractivity contribution in [3.63, 3.8) is 0 Å². The normalized spacial score (nSPS) is 23.7. The van der Waals surface area contributed by atoms with Crippen LogP contribution in [0.2, 0.25) is 0 Å². The van der Waals surface area contributed by atoms with Gasteiger partial charge in [0.05, 0.1) is 19.1 Å². The largest absolute Gasteiger partial charge is 0.367 e. The van der Waals surface area contributed by atoms with Crippen molar-refractivity contribution in [1.82, 2.24) is 9.88 Å². The van der Waals surface area contributed by atoms with Crippen LogP contribution in [-0.2, 0) is 9.53 Å². The minimum atomic E-state index is -0.153. The summed E-state index contributed by atoms with van der Waals surface area (Å²) in [5.74, 6) is -0.0464. The highest BCUT2D eigenvalue weighted by atomic mass is 32.1. The van der Waals surface area contributed by atoms with Gasteiger partial charge in [-0.2, -0.15) is 0 Å². The molecule has 0 aromatic carbocycles. The van der Waals surface area contributed by atoms with Crippen LogP contribution in [0.5, 0.6) is 0 Å². The molecular formula is C12H19N3O2S. The van der Waals surface area contributed by atoms with E-state index in [1.165, 1.54) is 0 Å². The van der Waals surface area contributed by atoms with E-state index in [1.54, 1.807) is 17.5 Å². The third-order valence-corrected chi connectivity index (χ3v) is 4.15. The lowest BCUT2D eigenvalue weighted by Crippen LogP contribution is -2.47. The quantitative estimate of drug-likeness (QED) is 0.889. The van der Waals surface area contributed by atoms with Crippen molar-refractivity contribution in [3.05, 3.63) is 16.6 Å². The number of carbonyl (C=O) groups excluding carboxylic acids is 1. The minimum absolute atomic E-state index is 0.0945. The Kier molecular flexibility index (Phi) is 4.31. The second kappa shape index (κ2) is 5.77. The Morgan fingerprint density at radius 1 is 1.67 bits per heavy atom. The van der Waals surface area contributed by atoms with Gasteiger partial charge >= 0.3 is 0 Å². The van der Waals surface area contributed by atoms with Crippen molar-refractivity contribution in [2.24, 2.45) is 11.7 Å². The van der Waals surface area contributed by atoms with Gasteiger partial charge in [0.1, 0.15) is 11.1 Å². The van der Waals surface area contributed by atoms with E-state index in [0.29, 0.717) is 19.7 Å². The molecule has 1 aliphatic rings. The van der Waals surface area contributed by atoms with E-state index in [9.17, 15) is 4.79 Å². The number of nitrogens with zero attached hydrogens (tertiary/aromatic N) is 2. The number of thiazole rings is 1. The van der Waals surface area contributed by atoms with Gasteiger partial charge in [0.2, 0.25) is 5.91 Å². The molecule has 0 saturated carbocycles. The van der Waals surface area contributed by atoms with E-state index in [-0.39, 0.29) is 24.0 Å². The van der Waals surface area contributed by atoms with Crippen molar-refractivity contribution < 1.29 is 9.53 Å². The molecule has 1 saturated heterocycles. The molecule has 3 atom stereocenters. The summed E-state index contributed by atoms with van der Waals surface area (Å²) in [5, 5.41) is 2.85. The van der Waals surface area contributed by atoms with Crippen molar-refractivity contribution >= 4 is 17.2 Å². The second-order valence-corrected chi connectivity index (χ2v) is 5.59. The first-order chi connectivity index (χ1) is 8.59. The molecule has 1 amide bonds. The maximum Gasteiger partial charge on any atom is 0.227 e. The van der Waals surface area contributed by atoms with E-state index in [0.717, 1.165) is 5.01 Å². The summed E-state index contributed by atoms with van der Waals surface area (Å²) < 4.78 is 5.67. The van der Waals surface area contributed by atoms with Gasteiger partial charge in [-0.15, -0.1) is 11.3 Å². The van der Waals surface area contributed by atoms with Gasteiger partial charge in [0.15, 0.2) is 0 Å². The number of aromatic nitrogens is 1. The number of carbonyl (C=O) groups is 1. The van der Waals surface area contributed by atoms with Crippen LogP contribution in [0.4, 0.5) is 0 Å². The van der Waals surface area contributed by atoms with Crippen LogP contribution in [0, 0.1) is 5.92 Å². The van der Waals surface area contributed by atoms with Crippen LogP contribution in [0.1, 0.15) is 25.0 Å². The summed E-state index contributed by atoms with van der Waals surface area (Å²) in [7, 11) is 0. The predicted molar refractivity (Wildman–Crippen MR) is 70.2 cm³/mol. The Morgan fingerprint density at radius 2 is 2.44 bits per heavy atom. The Bertz CT molecular complexity index is 394. The number of ether oxygens (including phenoxy) is 1. The topological polar surface area (TPSA) is 68.5 Å². The zero-order chi connectivity index (χ0) is 13.1. The average molecular weight is 269 g/mol. The Labute approximate surface area is 111 Å². The number of morpholine rings is 1. The van der Waals surface area contributed by atoms with Crippen LogP contribution in [-0.4, -0.2) is 41.5 Å². The predicted octanol–water partition coefficient (Wildman–Crippen LogP) is 1.03. The molecule has 5 nitrogen and oxygen atoms in total. The standard InChI is InChI=1S/C12H19N3O2S/c1-8(9(2)13)12(16)15-4-5-17-10(7-15)11-14-3-6-18-11/h3,6,8-10H,4-5,7,13H2,1-2H3. The SMILES string of the molecule is CC(N)C(C)C(=O)N1CCOC(c2nccs2)C1. The molecule has 0 aliphatic carbocycles. The molecular weight excluding hydrogens is 250 g/mol. The Morgan fingerprint density at radius 3 is 3.06 bits per heavy atom. The van der Waals surface area contributed by atoms with Gasteiger partial charge in [-0.1, -0.05) is 6.92 Å². The fourth-order valence-corrected chi connectivity index (χ4v) is 2.58. The second-order valence-electron chi connectivity index (χ2n) is 4.66. The summed E-state index contributed by atoms with van der Waals surface area (Å²) in [6.07, 6.45) is 1.66. The van der Waals surface area contributed by atoms with Gasteiger partial charge in [-0.25, -0.2) is 4.98 Å². The molecule has 18 heavy (non-hydrogen) atoms. The lowest BCUT2D eigenvalue weighted by Gasteiger charge is -2.34. The molecule has 0 spiro atoms. The van der Waals surface area contributed by atoms with Gasteiger partial charge in [0, 0.05) is 24.2 Å². The smallest absolute Gasteiger partial charge is 0.227 e. The Hall–Kier alpha value is -0.980. The van der Waals surface area contributed by atoms with Gasteiger partial charge in [-0.3, -0.25) is 4.79 Å². The van der Waals surface area contributed by atoms with Gasteiger partial charge < -0.3 is 15.4 Å². The fourth-order valence-electron chi connectivity index (χ4n) is 1.91. The van der Waals surface area contributed by atoms with Crippen molar-refractivity contribution in [2.45, 2.75) is 26.0 Å². The van der Waals surface area contributed by atoms with Crippen LogP contribution >= 0.6 is 11.3 Å². The first-order valence-electron chi connectivity index (χ1n) is 6.15. The summed E-state index contributed by atoms with van der Waals surface area (Å²) in [6.45, 7) is 5.50. The van der Waals surface area contributed by atoms with E-state index in [1.807, 2.05) is 24.1 Å². The minimum Gasteiger partial charge on any atom is -0.367 e. The lowest BCUT2D eigenvalue weighted by molar-refractivity contribution is -0.143. The average Bonchev–Trinajstić information content (AvgIpc) is 2.91. The molecule has 1 aromatic heterocycles. The third-order valence-electron chi connectivity index (χ3n) is 3.28. The molecule has 1 aliphatic heterocycles. The monoisotopic (exact) mass is 269 g/mol. The summed E-state index contributed by atoms with van der Waals surface area (Å²) in [5.41, 5.74) is 5.78. The molecule has 2 rings (SSSR count). The number of hydrogen-bond acceptors (Lipinski definition) is 5. The maximum absolute atomic E-state index is 12.2. The summed E-state index contributed by atoms with van der Waals surface area (Å²) in [6, 6.07) is -0.126. The van der Waals surface area contributed by atoms with Crippen LogP contribution in [0.3, 0.4) is 0 Å². The van der Waals surface area contributed by atoms with E-state index in [4.69, 9.17) is 10.5 Å². The van der Waals surface area contributed by atoms with E-state index in [2.05, 4.69) is 4.98 Å². The lowest BCUT2D eigenvalue weighted by atomic mass is 10.0. The molecule has 2 N–H and O–H groups in total. The van der Waals surface area contributed by atoms with Gasteiger partial charge in [0.25, 0.3) is 0 Å². The van der Waals surface area contributed by atoms with Crippen molar-refractivity contribution in [1.29, 1.82) is 0 Å². The number of amides is 1. The zero-order valence-electron chi connectivity index (χ0n) is 10.7. The molecule has 1 aromatic rings. The van der Waals surface area contributed by atoms with Gasteiger partial charge in [-0.05, 0) is 6.92 Å². The molecule has 3 unspecified atom stereocenters. The zero-order valence-corrected chi connectivity index (χ0v) is 11.5. The van der Waals surface area contributed by atoms with Crippen LogP contribution in [0.15, 0.2) is 11.6 Å². The van der Waals surface area contributed by atoms with E-state index < -0.39 is 0 Å². The van der Waals surface area contributed by atoms with Crippen molar-refractivity contribution in [3.8, 4) is 0 Å². The number of hydrogen-bond donors (Lipinski definition) is 1.